The number of nitrogens with zero attached hydrogens (tertiary/aromatic N) is 2. The van der Waals surface area contributed by atoms with Crippen LogP contribution in [0.2, 0.25) is 0 Å². The molecule has 4 rings (SSSR count). The first-order valence-corrected chi connectivity index (χ1v) is 13.5. The highest BCUT2D eigenvalue weighted by atomic mass is 16.2. The van der Waals surface area contributed by atoms with Crippen molar-refractivity contribution in [3.63, 3.8) is 0 Å². The summed E-state index contributed by atoms with van der Waals surface area (Å²) in [5.41, 5.74) is 1.32. The van der Waals surface area contributed by atoms with Crippen LogP contribution < -0.4 is 5.32 Å². The van der Waals surface area contributed by atoms with Crippen molar-refractivity contribution in [2.45, 2.75) is 89.6 Å². The van der Waals surface area contributed by atoms with Crippen molar-refractivity contribution in [1.29, 1.82) is 0 Å². The van der Waals surface area contributed by atoms with Gasteiger partial charge in [-0.2, -0.15) is 0 Å². The predicted molar refractivity (Wildman–Crippen MR) is 133 cm³/mol. The summed E-state index contributed by atoms with van der Waals surface area (Å²) in [7, 11) is 0. The van der Waals surface area contributed by atoms with Gasteiger partial charge >= 0.3 is 0 Å². The van der Waals surface area contributed by atoms with Crippen molar-refractivity contribution in [3.05, 3.63) is 35.9 Å². The molecule has 3 aliphatic rings. The van der Waals surface area contributed by atoms with Crippen LogP contribution in [0.1, 0.15) is 76.7 Å². The number of amides is 2. The van der Waals surface area contributed by atoms with E-state index in [4.69, 9.17) is 0 Å². The van der Waals surface area contributed by atoms with Crippen LogP contribution in [0.3, 0.4) is 0 Å². The van der Waals surface area contributed by atoms with Crippen LogP contribution in [-0.4, -0.2) is 59.9 Å². The fourth-order valence-electron chi connectivity index (χ4n) is 6.21. The Morgan fingerprint density at radius 3 is 2.21 bits per heavy atom. The van der Waals surface area contributed by atoms with E-state index in [1.807, 2.05) is 6.07 Å². The van der Waals surface area contributed by atoms with Crippen LogP contribution in [0.15, 0.2) is 30.3 Å². The third-order valence-corrected chi connectivity index (χ3v) is 8.19. The summed E-state index contributed by atoms with van der Waals surface area (Å²) in [6, 6.07) is 10.6. The predicted octanol–water partition coefficient (Wildman–Crippen LogP) is 4.41. The molecule has 1 aromatic rings. The summed E-state index contributed by atoms with van der Waals surface area (Å²) in [5, 5.41) is 3.35. The summed E-state index contributed by atoms with van der Waals surface area (Å²) in [6.45, 7) is 5.33. The van der Waals surface area contributed by atoms with Crippen LogP contribution in [0.25, 0.3) is 0 Å². The largest absolute Gasteiger partial charge is 0.352 e. The highest BCUT2D eigenvalue weighted by Gasteiger charge is 2.38. The lowest BCUT2D eigenvalue weighted by Gasteiger charge is -2.42. The first kappa shape index (κ1) is 24.3. The van der Waals surface area contributed by atoms with Gasteiger partial charge in [0.05, 0.1) is 6.04 Å². The minimum Gasteiger partial charge on any atom is -0.352 e. The van der Waals surface area contributed by atoms with Crippen molar-refractivity contribution < 1.29 is 9.59 Å². The van der Waals surface area contributed by atoms with E-state index >= 15 is 0 Å². The van der Waals surface area contributed by atoms with E-state index < -0.39 is 0 Å². The van der Waals surface area contributed by atoms with Gasteiger partial charge in [0.2, 0.25) is 11.8 Å². The quantitative estimate of drug-likeness (QED) is 0.634. The number of carbonyl (C=O) groups excluding carboxylic acids is 2. The number of piperazine rings is 1. The fraction of sp³-hybridized carbons (Fsp3) is 0.714. The molecule has 0 bridgehead atoms. The van der Waals surface area contributed by atoms with E-state index in [9.17, 15) is 9.59 Å². The van der Waals surface area contributed by atoms with Gasteiger partial charge in [-0.05, 0) is 56.9 Å². The zero-order valence-corrected chi connectivity index (χ0v) is 20.5. The van der Waals surface area contributed by atoms with Gasteiger partial charge in [0.1, 0.15) is 0 Å². The average Bonchev–Trinajstić information content (AvgIpc) is 3.38. The molecule has 182 valence electrons. The minimum absolute atomic E-state index is 0.0430. The Morgan fingerprint density at radius 1 is 0.909 bits per heavy atom. The molecule has 1 aliphatic heterocycles. The smallest absolute Gasteiger partial charge is 0.237 e. The zero-order valence-electron chi connectivity index (χ0n) is 20.5. The number of aryl methyl sites for hydroxylation is 1. The number of carbonyl (C=O) groups is 2. The first-order chi connectivity index (χ1) is 16.1. The normalized spacial score (nSPS) is 22.8. The molecule has 2 unspecified atom stereocenters. The van der Waals surface area contributed by atoms with Crippen LogP contribution in [0.5, 0.6) is 0 Å². The van der Waals surface area contributed by atoms with Crippen molar-refractivity contribution in [2.24, 2.45) is 11.8 Å². The second-order valence-corrected chi connectivity index (χ2v) is 10.6. The van der Waals surface area contributed by atoms with Gasteiger partial charge < -0.3 is 10.2 Å². The average molecular weight is 454 g/mol. The maximum Gasteiger partial charge on any atom is 0.237 e. The molecule has 1 saturated heterocycles. The van der Waals surface area contributed by atoms with Crippen molar-refractivity contribution >= 4 is 11.8 Å². The number of hydrogen-bond acceptors (Lipinski definition) is 3. The minimum atomic E-state index is -0.0430. The number of hydrogen-bond donors (Lipinski definition) is 1. The summed E-state index contributed by atoms with van der Waals surface area (Å²) < 4.78 is 0. The van der Waals surface area contributed by atoms with Gasteiger partial charge in [0, 0.05) is 38.1 Å². The van der Waals surface area contributed by atoms with Crippen molar-refractivity contribution in [2.75, 3.05) is 26.2 Å². The Kier molecular flexibility index (Phi) is 8.82. The van der Waals surface area contributed by atoms with Gasteiger partial charge in [0.25, 0.3) is 0 Å². The molecular weight excluding hydrogens is 410 g/mol. The van der Waals surface area contributed by atoms with E-state index in [0.29, 0.717) is 11.8 Å². The van der Waals surface area contributed by atoms with E-state index in [2.05, 4.69) is 46.3 Å². The third kappa shape index (κ3) is 6.59. The molecule has 33 heavy (non-hydrogen) atoms. The zero-order chi connectivity index (χ0) is 23.0. The molecule has 3 fully saturated rings. The fourth-order valence-corrected chi connectivity index (χ4v) is 6.21. The molecule has 1 aromatic carbocycles. The molecule has 2 amide bonds. The Morgan fingerprint density at radius 2 is 1.55 bits per heavy atom. The van der Waals surface area contributed by atoms with Gasteiger partial charge in [-0.15, -0.1) is 0 Å². The molecule has 2 aliphatic carbocycles. The molecular formula is C28H43N3O2. The lowest BCUT2D eigenvalue weighted by molar-refractivity contribution is -0.140. The second-order valence-electron chi connectivity index (χ2n) is 10.6. The molecule has 5 nitrogen and oxygen atoms in total. The van der Waals surface area contributed by atoms with E-state index in [1.54, 1.807) is 0 Å². The molecule has 2 saturated carbocycles. The Hall–Kier alpha value is -1.88. The van der Waals surface area contributed by atoms with Crippen molar-refractivity contribution in [1.82, 2.24) is 15.1 Å². The van der Waals surface area contributed by atoms with E-state index in [0.717, 1.165) is 64.7 Å². The Balaban J connectivity index is 1.31. The number of rotatable bonds is 8. The van der Waals surface area contributed by atoms with Gasteiger partial charge in [0.15, 0.2) is 0 Å². The third-order valence-electron chi connectivity index (χ3n) is 8.19. The maximum atomic E-state index is 13.5. The molecule has 1 N–H and O–H groups in total. The van der Waals surface area contributed by atoms with Crippen LogP contribution in [0, 0.1) is 11.8 Å². The SMILES string of the molecule is CC(CCc1ccccc1)NC(=O)C(C1CCCC1)N1CCN(C(=O)C2CCCCC2)CC1. The van der Waals surface area contributed by atoms with Crippen LogP contribution in [0.4, 0.5) is 0 Å². The molecule has 2 atom stereocenters. The summed E-state index contributed by atoms with van der Waals surface area (Å²) >= 11 is 0. The molecule has 0 radical (unpaired) electrons. The topological polar surface area (TPSA) is 52.7 Å². The standard InChI is InChI=1S/C28H43N3O2/c1-22(16-17-23-10-4-2-5-11-23)29-27(32)26(24-12-8-9-13-24)30-18-20-31(21-19-30)28(33)25-14-6-3-7-15-25/h2,4-5,10-11,22,24-26H,3,6-9,12-21H2,1H3,(H,29,32). The van der Waals surface area contributed by atoms with Gasteiger partial charge in [-0.3, -0.25) is 14.5 Å². The van der Waals surface area contributed by atoms with Crippen molar-refractivity contribution in [3.8, 4) is 0 Å². The highest BCUT2D eigenvalue weighted by molar-refractivity contribution is 5.82. The van der Waals surface area contributed by atoms with E-state index in [1.165, 1.54) is 37.7 Å². The first-order valence-electron chi connectivity index (χ1n) is 13.5. The lowest BCUT2D eigenvalue weighted by Crippen LogP contribution is -2.59. The monoisotopic (exact) mass is 453 g/mol. The number of benzene rings is 1. The molecule has 0 spiro atoms. The molecule has 0 aromatic heterocycles. The number of nitrogens with one attached hydrogen (secondary N) is 1. The second kappa shape index (κ2) is 12.0. The summed E-state index contributed by atoms with van der Waals surface area (Å²) in [5.74, 6) is 1.26. The van der Waals surface area contributed by atoms with Gasteiger partial charge in [-0.1, -0.05) is 62.4 Å². The Bertz CT molecular complexity index is 748. The molecule has 1 heterocycles. The maximum absolute atomic E-state index is 13.5. The van der Waals surface area contributed by atoms with Crippen LogP contribution in [-0.2, 0) is 16.0 Å². The summed E-state index contributed by atoms with van der Waals surface area (Å²) in [4.78, 5) is 30.9. The highest BCUT2D eigenvalue weighted by Crippen LogP contribution is 2.32. The van der Waals surface area contributed by atoms with E-state index in [-0.39, 0.29) is 23.9 Å². The molecule has 5 heteroatoms. The van der Waals surface area contributed by atoms with Crippen LogP contribution >= 0.6 is 0 Å². The van der Waals surface area contributed by atoms with Gasteiger partial charge in [-0.25, -0.2) is 0 Å². The summed E-state index contributed by atoms with van der Waals surface area (Å²) in [6.07, 6.45) is 12.5. The Labute approximate surface area is 200 Å². The lowest BCUT2D eigenvalue weighted by atomic mass is 9.88.